The van der Waals surface area contributed by atoms with Gasteiger partial charge in [-0.15, -0.1) is 11.3 Å². The quantitative estimate of drug-likeness (QED) is 0.533. The fourth-order valence-electron chi connectivity index (χ4n) is 3.64. The number of amides is 2. The standard InChI is InChI=1S/C25H26FN3O3S/c1-18-2-8-22(9-3-18)32-16-23-27-21(17-33-23)15-25(31)29-12-10-28(11-13-29)24(30)14-19-4-6-20(26)7-5-19/h2-9,17H,10-16H2,1H3. The van der Waals surface area contributed by atoms with E-state index in [9.17, 15) is 14.0 Å². The number of carbonyl (C=O) groups excluding carboxylic acids is 2. The van der Waals surface area contributed by atoms with Gasteiger partial charge in [-0.1, -0.05) is 29.8 Å². The highest BCUT2D eigenvalue weighted by molar-refractivity contribution is 7.09. The number of aromatic nitrogens is 1. The third-order valence-electron chi connectivity index (χ3n) is 5.57. The van der Waals surface area contributed by atoms with Crippen LogP contribution in [-0.4, -0.2) is 52.8 Å². The molecule has 0 saturated carbocycles. The summed E-state index contributed by atoms with van der Waals surface area (Å²) in [6.45, 7) is 4.40. The zero-order valence-corrected chi connectivity index (χ0v) is 19.3. The van der Waals surface area contributed by atoms with E-state index in [0.717, 1.165) is 22.0 Å². The second-order valence-electron chi connectivity index (χ2n) is 8.08. The Morgan fingerprint density at radius 1 is 0.939 bits per heavy atom. The van der Waals surface area contributed by atoms with Gasteiger partial charge >= 0.3 is 0 Å². The minimum atomic E-state index is -0.315. The minimum absolute atomic E-state index is 0.00794. The summed E-state index contributed by atoms with van der Waals surface area (Å²) in [4.78, 5) is 33.3. The van der Waals surface area contributed by atoms with Crippen molar-refractivity contribution in [2.24, 2.45) is 0 Å². The summed E-state index contributed by atoms with van der Waals surface area (Å²) < 4.78 is 18.8. The van der Waals surface area contributed by atoms with Crippen LogP contribution in [0, 0.1) is 12.7 Å². The molecule has 1 aliphatic heterocycles. The Morgan fingerprint density at radius 2 is 1.55 bits per heavy atom. The Bertz CT molecular complexity index is 1090. The van der Waals surface area contributed by atoms with Gasteiger partial charge in [0.1, 0.15) is 23.2 Å². The molecule has 0 spiro atoms. The van der Waals surface area contributed by atoms with Gasteiger partial charge in [-0.05, 0) is 36.8 Å². The van der Waals surface area contributed by atoms with Gasteiger partial charge in [-0.3, -0.25) is 9.59 Å². The molecule has 0 N–H and O–H groups in total. The molecule has 3 aromatic rings. The van der Waals surface area contributed by atoms with Gasteiger partial charge in [-0.25, -0.2) is 9.37 Å². The summed E-state index contributed by atoms with van der Waals surface area (Å²) in [5.41, 5.74) is 2.70. The normalized spacial score (nSPS) is 13.8. The van der Waals surface area contributed by atoms with Crippen LogP contribution in [-0.2, 0) is 29.0 Å². The van der Waals surface area contributed by atoms with E-state index in [1.54, 1.807) is 21.9 Å². The van der Waals surface area contributed by atoms with E-state index < -0.39 is 0 Å². The molecule has 0 radical (unpaired) electrons. The van der Waals surface area contributed by atoms with Crippen molar-refractivity contribution in [3.05, 3.63) is 81.6 Å². The van der Waals surface area contributed by atoms with Crippen LogP contribution < -0.4 is 4.74 Å². The molecule has 1 aliphatic rings. The number of rotatable bonds is 7. The molecule has 33 heavy (non-hydrogen) atoms. The fourth-order valence-corrected chi connectivity index (χ4v) is 4.34. The van der Waals surface area contributed by atoms with E-state index in [1.807, 2.05) is 36.6 Å². The third-order valence-corrected chi connectivity index (χ3v) is 6.44. The summed E-state index contributed by atoms with van der Waals surface area (Å²) in [6.07, 6.45) is 0.477. The predicted molar refractivity (Wildman–Crippen MR) is 125 cm³/mol. The molecule has 1 aromatic heterocycles. The Balaban J connectivity index is 1.21. The highest BCUT2D eigenvalue weighted by Gasteiger charge is 2.24. The molecule has 1 saturated heterocycles. The Morgan fingerprint density at radius 3 is 2.18 bits per heavy atom. The molecule has 8 heteroatoms. The number of benzene rings is 2. The van der Waals surface area contributed by atoms with Crippen molar-refractivity contribution in [1.82, 2.24) is 14.8 Å². The topological polar surface area (TPSA) is 62.7 Å². The maximum absolute atomic E-state index is 13.0. The van der Waals surface area contributed by atoms with Crippen LogP contribution in [0.4, 0.5) is 4.39 Å². The largest absolute Gasteiger partial charge is 0.486 e. The SMILES string of the molecule is Cc1ccc(OCc2nc(CC(=O)N3CCN(C(=O)Cc4ccc(F)cc4)CC3)cs2)cc1. The monoisotopic (exact) mass is 467 g/mol. The summed E-state index contributed by atoms with van der Waals surface area (Å²) in [5, 5.41) is 2.73. The molecule has 0 aliphatic carbocycles. The number of hydrogen-bond acceptors (Lipinski definition) is 5. The van der Waals surface area contributed by atoms with Crippen LogP contribution in [0.2, 0.25) is 0 Å². The number of hydrogen-bond donors (Lipinski definition) is 0. The highest BCUT2D eigenvalue weighted by Crippen LogP contribution is 2.17. The number of nitrogens with zero attached hydrogens (tertiary/aromatic N) is 3. The van der Waals surface area contributed by atoms with Gasteiger partial charge in [0.2, 0.25) is 11.8 Å². The summed E-state index contributed by atoms with van der Waals surface area (Å²) in [5.74, 6) is 0.480. The van der Waals surface area contributed by atoms with E-state index in [1.165, 1.54) is 29.0 Å². The molecule has 4 rings (SSSR count). The van der Waals surface area contributed by atoms with Gasteiger partial charge in [0.15, 0.2) is 0 Å². The number of thiazole rings is 1. The number of halogens is 1. The van der Waals surface area contributed by atoms with Crippen molar-refractivity contribution >= 4 is 23.2 Å². The molecule has 1 fully saturated rings. The van der Waals surface area contributed by atoms with Crippen molar-refractivity contribution < 1.29 is 18.7 Å². The lowest BCUT2D eigenvalue weighted by Crippen LogP contribution is -2.51. The number of piperazine rings is 1. The van der Waals surface area contributed by atoms with E-state index in [-0.39, 0.29) is 30.5 Å². The Labute approximate surface area is 196 Å². The van der Waals surface area contributed by atoms with Crippen LogP contribution in [0.5, 0.6) is 5.75 Å². The first-order chi connectivity index (χ1) is 16.0. The smallest absolute Gasteiger partial charge is 0.228 e. The van der Waals surface area contributed by atoms with Crippen molar-refractivity contribution in [3.8, 4) is 5.75 Å². The van der Waals surface area contributed by atoms with Crippen molar-refractivity contribution in [2.45, 2.75) is 26.4 Å². The maximum Gasteiger partial charge on any atom is 0.228 e. The molecule has 2 amide bonds. The lowest BCUT2D eigenvalue weighted by Gasteiger charge is -2.34. The lowest BCUT2D eigenvalue weighted by molar-refractivity contribution is -0.138. The predicted octanol–water partition coefficient (Wildman–Crippen LogP) is 3.63. The second-order valence-corrected chi connectivity index (χ2v) is 9.02. The third kappa shape index (κ3) is 6.38. The molecular weight excluding hydrogens is 441 g/mol. The van der Waals surface area contributed by atoms with Crippen LogP contribution in [0.1, 0.15) is 21.8 Å². The van der Waals surface area contributed by atoms with E-state index in [4.69, 9.17) is 4.74 Å². The molecule has 0 bridgehead atoms. The first-order valence-electron chi connectivity index (χ1n) is 10.9. The fraction of sp³-hybridized carbons (Fsp3) is 0.320. The van der Waals surface area contributed by atoms with Gasteiger partial charge in [0, 0.05) is 31.6 Å². The zero-order valence-electron chi connectivity index (χ0n) is 18.5. The molecule has 6 nitrogen and oxygen atoms in total. The highest BCUT2D eigenvalue weighted by atomic mass is 32.1. The first-order valence-corrected chi connectivity index (χ1v) is 11.8. The van der Waals surface area contributed by atoms with Gasteiger partial charge < -0.3 is 14.5 Å². The minimum Gasteiger partial charge on any atom is -0.486 e. The zero-order chi connectivity index (χ0) is 23.2. The first kappa shape index (κ1) is 22.9. The van der Waals surface area contributed by atoms with Gasteiger partial charge in [0.05, 0.1) is 18.5 Å². The van der Waals surface area contributed by atoms with E-state index >= 15 is 0 Å². The van der Waals surface area contributed by atoms with E-state index in [0.29, 0.717) is 32.8 Å². The summed E-state index contributed by atoms with van der Waals surface area (Å²) in [7, 11) is 0. The molecule has 2 heterocycles. The maximum atomic E-state index is 13.0. The Kier molecular flexibility index (Phi) is 7.34. The van der Waals surface area contributed by atoms with Crippen LogP contribution in [0.25, 0.3) is 0 Å². The summed E-state index contributed by atoms with van der Waals surface area (Å²) >= 11 is 1.48. The van der Waals surface area contributed by atoms with Crippen LogP contribution in [0.3, 0.4) is 0 Å². The van der Waals surface area contributed by atoms with Crippen molar-refractivity contribution in [2.75, 3.05) is 26.2 Å². The molecule has 2 aromatic carbocycles. The Hall–Kier alpha value is -3.26. The molecule has 172 valence electrons. The van der Waals surface area contributed by atoms with Crippen LogP contribution in [0.15, 0.2) is 53.9 Å². The molecule has 0 unspecified atom stereocenters. The van der Waals surface area contributed by atoms with Gasteiger partial charge in [0.25, 0.3) is 0 Å². The number of carbonyl (C=O) groups is 2. The van der Waals surface area contributed by atoms with Crippen LogP contribution >= 0.6 is 11.3 Å². The molecular formula is C25H26FN3O3S. The molecule has 0 atom stereocenters. The van der Waals surface area contributed by atoms with Gasteiger partial charge in [-0.2, -0.15) is 0 Å². The lowest BCUT2D eigenvalue weighted by atomic mass is 10.1. The second kappa shape index (κ2) is 10.6. The van der Waals surface area contributed by atoms with Crippen molar-refractivity contribution in [1.29, 1.82) is 0 Å². The van der Waals surface area contributed by atoms with E-state index in [2.05, 4.69) is 4.98 Å². The average Bonchev–Trinajstić information content (AvgIpc) is 3.27. The van der Waals surface area contributed by atoms with Crippen molar-refractivity contribution in [3.63, 3.8) is 0 Å². The average molecular weight is 468 g/mol. The summed E-state index contributed by atoms with van der Waals surface area (Å²) in [6, 6.07) is 13.8. The number of ether oxygens (including phenoxy) is 1. The number of aryl methyl sites for hydroxylation is 1.